The highest BCUT2D eigenvalue weighted by Crippen LogP contribution is 2.31. The number of carbonyl (C=O) groups excluding carboxylic acids is 1. The summed E-state index contributed by atoms with van der Waals surface area (Å²) in [6, 6.07) is 0. The molecule has 0 saturated carbocycles. The molecule has 5 heteroatoms. The van der Waals surface area contributed by atoms with E-state index < -0.39 is 0 Å². The second-order valence-corrected chi connectivity index (χ2v) is 4.97. The molecule has 0 aliphatic carbocycles. The number of rotatable bonds is 5. The van der Waals surface area contributed by atoms with Gasteiger partial charge in [0.1, 0.15) is 11.6 Å². The third kappa shape index (κ3) is 2.62. The first-order chi connectivity index (χ1) is 8.68. The summed E-state index contributed by atoms with van der Waals surface area (Å²) in [6.45, 7) is 1.71. The molecule has 2 heterocycles. The van der Waals surface area contributed by atoms with Crippen LogP contribution >= 0.6 is 0 Å². The van der Waals surface area contributed by atoms with Gasteiger partial charge in [0.15, 0.2) is 0 Å². The summed E-state index contributed by atoms with van der Waals surface area (Å²) >= 11 is 0. The third-order valence-electron chi connectivity index (χ3n) is 3.93. The Kier molecular flexibility index (Phi) is 4.14. The topological polar surface area (TPSA) is 70.1 Å². The lowest BCUT2D eigenvalue weighted by Gasteiger charge is -2.34. The maximum absolute atomic E-state index is 12.4. The molecule has 1 saturated heterocycles. The van der Waals surface area contributed by atoms with Crippen molar-refractivity contribution >= 4 is 5.78 Å². The van der Waals surface area contributed by atoms with E-state index in [0.717, 1.165) is 18.7 Å². The summed E-state index contributed by atoms with van der Waals surface area (Å²) in [4.78, 5) is 16.6. The highest BCUT2D eigenvalue weighted by Gasteiger charge is 2.37. The van der Waals surface area contributed by atoms with Crippen molar-refractivity contribution in [3.05, 3.63) is 18.2 Å². The van der Waals surface area contributed by atoms with Gasteiger partial charge in [0.25, 0.3) is 0 Å². The fraction of sp³-hybridized carbons (Fsp3) is 0.692. The molecule has 1 aliphatic heterocycles. The van der Waals surface area contributed by atoms with E-state index in [9.17, 15) is 4.79 Å². The fourth-order valence-corrected chi connectivity index (χ4v) is 2.49. The molecule has 1 aromatic heterocycles. The highest BCUT2D eigenvalue weighted by molar-refractivity contribution is 5.85. The SMILES string of the molecule is Cn1ccnc1CCC(=O)C1(CN)CCOCC1. The molecule has 0 unspecified atom stereocenters. The van der Waals surface area contributed by atoms with Crippen LogP contribution < -0.4 is 5.73 Å². The number of ketones is 1. The third-order valence-corrected chi connectivity index (χ3v) is 3.93. The van der Waals surface area contributed by atoms with E-state index in [-0.39, 0.29) is 11.2 Å². The van der Waals surface area contributed by atoms with Crippen LogP contribution in [-0.2, 0) is 23.0 Å². The summed E-state index contributed by atoms with van der Waals surface area (Å²) in [5, 5.41) is 0. The van der Waals surface area contributed by atoms with Crippen LogP contribution in [0.25, 0.3) is 0 Å². The predicted molar refractivity (Wildman–Crippen MR) is 68.1 cm³/mol. The van der Waals surface area contributed by atoms with Gasteiger partial charge >= 0.3 is 0 Å². The molecule has 2 N–H and O–H groups in total. The van der Waals surface area contributed by atoms with E-state index in [4.69, 9.17) is 10.5 Å². The van der Waals surface area contributed by atoms with Crippen molar-refractivity contribution < 1.29 is 9.53 Å². The van der Waals surface area contributed by atoms with Gasteiger partial charge < -0.3 is 15.0 Å². The molecule has 2 rings (SSSR count). The number of carbonyl (C=O) groups is 1. The van der Waals surface area contributed by atoms with E-state index in [1.807, 2.05) is 17.8 Å². The maximum Gasteiger partial charge on any atom is 0.140 e. The molecule has 1 aliphatic rings. The number of hydrogen-bond acceptors (Lipinski definition) is 4. The molecule has 0 bridgehead atoms. The average Bonchev–Trinajstić information content (AvgIpc) is 2.82. The number of ether oxygens (including phenoxy) is 1. The van der Waals surface area contributed by atoms with E-state index in [1.54, 1.807) is 6.20 Å². The van der Waals surface area contributed by atoms with Crippen LogP contribution in [0, 0.1) is 5.41 Å². The summed E-state index contributed by atoms with van der Waals surface area (Å²) in [6.07, 6.45) is 6.36. The largest absolute Gasteiger partial charge is 0.381 e. The quantitative estimate of drug-likeness (QED) is 0.835. The number of Topliss-reactive ketones (excluding diaryl/α,β-unsaturated/α-hetero) is 1. The Balaban J connectivity index is 1.96. The Hall–Kier alpha value is -1.20. The molecule has 5 nitrogen and oxygen atoms in total. The summed E-state index contributed by atoms with van der Waals surface area (Å²) in [5.41, 5.74) is 5.46. The Morgan fingerprint density at radius 3 is 2.83 bits per heavy atom. The lowest BCUT2D eigenvalue weighted by Crippen LogP contribution is -2.43. The fourth-order valence-electron chi connectivity index (χ4n) is 2.49. The minimum atomic E-state index is -0.358. The van der Waals surface area contributed by atoms with Crippen LogP contribution in [0.1, 0.15) is 25.1 Å². The zero-order chi connectivity index (χ0) is 13.0. The van der Waals surface area contributed by atoms with E-state index in [0.29, 0.717) is 32.6 Å². The van der Waals surface area contributed by atoms with Crippen molar-refractivity contribution in [1.29, 1.82) is 0 Å². The number of nitrogens with zero attached hydrogens (tertiary/aromatic N) is 2. The number of hydrogen-bond donors (Lipinski definition) is 1. The normalized spacial score (nSPS) is 18.8. The monoisotopic (exact) mass is 251 g/mol. The van der Waals surface area contributed by atoms with Gasteiger partial charge in [0, 0.05) is 57.5 Å². The average molecular weight is 251 g/mol. The Morgan fingerprint density at radius 1 is 1.56 bits per heavy atom. The second-order valence-electron chi connectivity index (χ2n) is 4.97. The Morgan fingerprint density at radius 2 is 2.28 bits per heavy atom. The maximum atomic E-state index is 12.4. The van der Waals surface area contributed by atoms with E-state index in [1.165, 1.54) is 0 Å². The van der Waals surface area contributed by atoms with Crippen molar-refractivity contribution in [1.82, 2.24) is 9.55 Å². The Bertz CT molecular complexity index is 408. The summed E-state index contributed by atoms with van der Waals surface area (Å²) in [5.74, 6) is 1.21. The molecular weight excluding hydrogens is 230 g/mol. The van der Waals surface area contributed by atoms with Gasteiger partial charge in [-0.3, -0.25) is 4.79 Å². The van der Waals surface area contributed by atoms with Crippen molar-refractivity contribution in [3.63, 3.8) is 0 Å². The van der Waals surface area contributed by atoms with Crippen LogP contribution in [-0.4, -0.2) is 35.1 Å². The minimum Gasteiger partial charge on any atom is -0.381 e. The highest BCUT2D eigenvalue weighted by atomic mass is 16.5. The molecule has 0 amide bonds. The molecule has 1 aromatic rings. The van der Waals surface area contributed by atoms with Gasteiger partial charge in [-0.25, -0.2) is 4.98 Å². The molecule has 0 radical (unpaired) electrons. The molecular formula is C13H21N3O2. The first-order valence-corrected chi connectivity index (χ1v) is 6.45. The zero-order valence-electron chi connectivity index (χ0n) is 10.9. The molecule has 18 heavy (non-hydrogen) atoms. The number of aryl methyl sites for hydroxylation is 2. The van der Waals surface area contributed by atoms with Crippen LogP contribution in [0.2, 0.25) is 0 Å². The standard InChI is InChI=1S/C13H21N3O2/c1-16-7-6-15-12(16)3-2-11(17)13(10-14)4-8-18-9-5-13/h6-7H,2-5,8-10,14H2,1H3. The molecule has 0 atom stereocenters. The number of nitrogens with two attached hydrogens (primary N) is 1. The number of imidazole rings is 1. The molecule has 0 aromatic carbocycles. The van der Waals surface area contributed by atoms with Crippen molar-refractivity contribution in [2.75, 3.05) is 19.8 Å². The van der Waals surface area contributed by atoms with Gasteiger partial charge in [0.2, 0.25) is 0 Å². The van der Waals surface area contributed by atoms with Gasteiger partial charge in [0.05, 0.1) is 0 Å². The first-order valence-electron chi connectivity index (χ1n) is 6.45. The summed E-state index contributed by atoms with van der Waals surface area (Å²) in [7, 11) is 1.94. The number of aromatic nitrogens is 2. The van der Waals surface area contributed by atoms with E-state index >= 15 is 0 Å². The van der Waals surface area contributed by atoms with Crippen LogP contribution in [0.15, 0.2) is 12.4 Å². The van der Waals surface area contributed by atoms with Gasteiger partial charge in [-0.15, -0.1) is 0 Å². The van der Waals surface area contributed by atoms with Crippen molar-refractivity contribution in [3.8, 4) is 0 Å². The van der Waals surface area contributed by atoms with Gasteiger partial charge in [-0.05, 0) is 12.8 Å². The second kappa shape index (κ2) is 5.63. The first kappa shape index (κ1) is 13.2. The molecule has 100 valence electrons. The predicted octanol–water partition coefficient (Wildman–Crippen LogP) is 0.677. The molecule has 1 fully saturated rings. The summed E-state index contributed by atoms with van der Waals surface area (Å²) < 4.78 is 7.27. The van der Waals surface area contributed by atoms with E-state index in [2.05, 4.69) is 4.98 Å². The minimum absolute atomic E-state index is 0.260. The van der Waals surface area contributed by atoms with Gasteiger partial charge in [-0.2, -0.15) is 0 Å². The van der Waals surface area contributed by atoms with Crippen molar-refractivity contribution in [2.45, 2.75) is 25.7 Å². The Labute approximate surface area is 107 Å². The molecule has 0 spiro atoms. The zero-order valence-corrected chi connectivity index (χ0v) is 10.9. The van der Waals surface area contributed by atoms with Crippen LogP contribution in [0.3, 0.4) is 0 Å². The lowest BCUT2D eigenvalue weighted by atomic mass is 9.75. The van der Waals surface area contributed by atoms with Crippen LogP contribution in [0.4, 0.5) is 0 Å². The van der Waals surface area contributed by atoms with Gasteiger partial charge in [-0.1, -0.05) is 0 Å². The lowest BCUT2D eigenvalue weighted by molar-refractivity contribution is -0.133. The van der Waals surface area contributed by atoms with Crippen LogP contribution in [0.5, 0.6) is 0 Å². The van der Waals surface area contributed by atoms with Crippen molar-refractivity contribution in [2.24, 2.45) is 18.2 Å². The smallest absolute Gasteiger partial charge is 0.140 e.